The van der Waals surface area contributed by atoms with Gasteiger partial charge >= 0.3 is 0 Å². The van der Waals surface area contributed by atoms with Crippen molar-refractivity contribution in [2.45, 2.75) is 0 Å². The van der Waals surface area contributed by atoms with Gasteiger partial charge in [-0.15, -0.1) is 0 Å². The molecule has 0 aliphatic carbocycles. The lowest BCUT2D eigenvalue weighted by Gasteiger charge is -2.21. The molecule has 9 aromatic rings. The molecule has 1 heteroatoms. The van der Waals surface area contributed by atoms with E-state index in [9.17, 15) is 0 Å². The minimum Gasteiger partial charge on any atom is -0.256 e. The summed E-state index contributed by atoms with van der Waals surface area (Å²) >= 11 is 0. The van der Waals surface area contributed by atoms with E-state index in [0.717, 1.165) is 10.9 Å². The maximum atomic E-state index is 5.02. The van der Waals surface area contributed by atoms with Gasteiger partial charge in [-0.2, -0.15) is 0 Å². The van der Waals surface area contributed by atoms with Gasteiger partial charge in [0, 0.05) is 22.7 Å². The molecule has 0 spiro atoms. The molecule has 194 valence electrons. The lowest BCUT2D eigenvalue weighted by Crippen LogP contribution is -1.94. The largest absolute Gasteiger partial charge is 0.256 e. The predicted molar refractivity (Wildman–Crippen MR) is 180 cm³/mol. The number of aromatic nitrogens is 1. The fourth-order valence-electron chi connectivity index (χ4n) is 7.08. The number of pyridine rings is 1. The van der Waals surface area contributed by atoms with Crippen molar-refractivity contribution in [2.75, 3.05) is 0 Å². The molecule has 0 amide bonds. The summed E-state index contributed by atoms with van der Waals surface area (Å²) in [6, 6.07) is 53.0. The summed E-state index contributed by atoms with van der Waals surface area (Å²) in [5.41, 5.74) is 6.03. The van der Waals surface area contributed by atoms with Crippen LogP contribution in [-0.2, 0) is 0 Å². The van der Waals surface area contributed by atoms with E-state index in [0.29, 0.717) is 0 Å². The van der Waals surface area contributed by atoms with Crippen molar-refractivity contribution < 1.29 is 0 Å². The second-order valence-electron chi connectivity index (χ2n) is 11.1. The molecule has 42 heavy (non-hydrogen) atoms. The fraction of sp³-hybridized carbons (Fsp3) is 0. The molecule has 0 saturated carbocycles. The molecule has 9 rings (SSSR count). The van der Waals surface area contributed by atoms with Crippen LogP contribution in [0.25, 0.3) is 87.0 Å². The van der Waals surface area contributed by atoms with Gasteiger partial charge in [-0.05, 0) is 77.1 Å². The highest BCUT2D eigenvalue weighted by Crippen LogP contribution is 2.48. The molecule has 0 N–H and O–H groups in total. The summed E-state index contributed by atoms with van der Waals surface area (Å²) in [7, 11) is 0. The van der Waals surface area contributed by atoms with Crippen molar-refractivity contribution in [3.8, 4) is 22.3 Å². The number of nitrogens with zero attached hydrogens (tertiary/aromatic N) is 1. The molecule has 0 aliphatic heterocycles. The van der Waals surface area contributed by atoms with E-state index in [1.165, 1.54) is 76.1 Å². The Hall–Kier alpha value is -5.53. The SMILES string of the molecule is c1ccc2c(-c3c4ccccc4c(-c4c5ccc6ccccc6c5cc5cccnc45)c4ccccc34)cccc2c1. The third-order valence-corrected chi connectivity index (χ3v) is 8.86. The third-order valence-electron chi connectivity index (χ3n) is 8.86. The molecule has 1 heterocycles. The lowest BCUT2D eigenvalue weighted by molar-refractivity contribution is 1.42. The summed E-state index contributed by atoms with van der Waals surface area (Å²) in [4.78, 5) is 5.02. The zero-order chi connectivity index (χ0) is 27.6. The Bertz CT molecular complexity index is 2460. The first kappa shape index (κ1) is 23.2. The molecule has 0 unspecified atom stereocenters. The monoisotopic (exact) mass is 531 g/mol. The molecule has 0 fully saturated rings. The number of rotatable bonds is 2. The first-order valence-electron chi connectivity index (χ1n) is 14.5. The van der Waals surface area contributed by atoms with Crippen LogP contribution < -0.4 is 0 Å². The highest BCUT2D eigenvalue weighted by Gasteiger charge is 2.21. The summed E-state index contributed by atoms with van der Waals surface area (Å²) in [5.74, 6) is 0. The Kier molecular flexibility index (Phi) is 4.97. The molecule has 1 aromatic heterocycles. The van der Waals surface area contributed by atoms with Crippen LogP contribution in [0.1, 0.15) is 0 Å². The molecule has 1 nitrogen and oxygen atoms in total. The number of benzene rings is 8. The molecule has 0 radical (unpaired) electrons. The van der Waals surface area contributed by atoms with E-state index in [1.54, 1.807) is 0 Å². The van der Waals surface area contributed by atoms with Crippen LogP contribution in [0.3, 0.4) is 0 Å². The van der Waals surface area contributed by atoms with E-state index in [-0.39, 0.29) is 0 Å². The van der Waals surface area contributed by atoms with Crippen LogP contribution in [0.4, 0.5) is 0 Å². The summed E-state index contributed by atoms with van der Waals surface area (Å²) < 4.78 is 0. The van der Waals surface area contributed by atoms with Gasteiger partial charge in [-0.3, -0.25) is 4.98 Å². The molecule has 0 atom stereocenters. The first-order valence-corrected chi connectivity index (χ1v) is 14.5. The average Bonchev–Trinajstić information content (AvgIpc) is 3.06. The molecule has 0 bridgehead atoms. The van der Waals surface area contributed by atoms with Crippen molar-refractivity contribution in [1.29, 1.82) is 0 Å². The highest BCUT2D eigenvalue weighted by atomic mass is 14.7. The Balaban J connectivity index is 1.53. The minimum atomic E-state index is 1.04. The van der Waals surface area contributed by atoms with Gasteiger partial charge in [0.1, 0.15) is 0 Å². The van der Waals surface area contributed by atoms with E-state index in [4.69, 9.17) is 4.98 Å². The van der Waals surface area contributed by atoms with E-state index >= 15 is 0 Å². The van der Waals surface area contributed by atoms with E-state index in [2.05, 4.69) is 140 Å². The predicted octanol–water partition coefficient (Wildman–Crippen LogP) is 11.3. The first-order chi connectivity index (χ1) is 20.9. The molecular formula is C41H25N. The smallest absolute Gasteiger partial charge is 0.0787 e. The van der Waals surface area contributed by atoms with Crippen LogP contribution >= 0.6 is 0 Å². The van der Waals surface area contributed by atoms with Gasteiger partial charge in [-0.25, -0.2) is 0 Å². The van der Waals surface area contributed by atoms with Crippen molar-refractivity contribution in [3.05, 3.63) is 152 Å². The van der Waals surface area contributed by atoms with Gasteiger partial charge in [0.25, 0.3) is 0 Å². The second-order valence-corrected chi connectivity index (χ2v) is 11.1. The lowest BCUT2D eigenvalue weighted by atomic mass is 9.82. The molecule has 0 aliphatic rings. The van der Waals surface area contributed by atoms with Crippen molar-refractivity contribution in [2.24, 2.45) is 0 Å². The highest BCUT2D eigenvalue weighted by molar-refractivity contribution is 6.29. The van der Waals surface area contributed by atoms with E-state index in [1.807, 2.05) is 12.3 Å². The van der Waals surface area contributed by atoms with Crippen LogP contribution in [0, 0.1) is 0 Å². The molecular weight excluding hydrogens is 506 g/mol. The number of hydrogen-bond donors (Lipinski definition) is 0. The van der Waals surface area contributed by atoms with Crippen LogP contribution in [-0.4, -0.2) is 4.98 Å². The normalized spacial score (nSPS) is 11.8. The average molecular weight is 532 g/mol. The standard InChI is InChI=1S/C41H25N/c1-3-15-29-26(11-1)13-9-21-31(29)38-32-17-5-7-19-34(32)39(35-20-8-6-18-33(35)38)40-36-23-22-27-12-2-4-16-30(27)37(36)25-28-14-10-24-42-41(28)40/h1-25H. The fourth-order valence-corrected chi connectivity index (χ4v) is 7.08. The summed E-state index contributed by atoms with van der Waals surface area (Å²) in [6.45, 7) is 0. The maximum absolute atomic E-state index is 5.02. The van der Waals surface area contributed by atoms with Gasteiger partial charge in [0.2, 0.25) is 0 Å². The third kappa shape index (κ3) is 3.28. The van der Waals surface area contributed by atoms with Gasteiger partial charge in [0.05, 0.1) is 5.52 Å². The van der Waals surface area contributed by atoms with Gasteiger partial charge in [-0.1, -0.05) is 133 Å². The van der Waals surface area contributed by atoms with Gasteiger partial charge < -0.3 is 0 Å². The Morgan fingerprint density at radius 1 is 0.310 bits per heavy atom. The molecule has 8 aromatic carbocycles. The van der Waals surface area contributed by atoms with Crippen LogP contribution in [0.5, 0.6) is 0 Å². The topological polar surface area (TPSA) is 12.9 Å². The minimum absolute atomic E-state index is 1.04. The van der Waals surface area contributed by atoms with Crippen molar-refractivity contribution >= 4 is 64.8 Å². The van der Waals surface area contributed by atoms with E-state index < -0.39 is 0 Å². The maximum Gasteiger partial charge on any atom is 0.0787 e. The van der Waals surface area contributed by atoms with Crippen molar-refractivity contribution in [1.82, 2.24) is 4.98 Å². The quantitative estimate of drug-likeness (QED) is 0.160. The molecule has 0 saturated heterocycles. The van der Waals surface area contributed by atoms with Crippen LogP contribution in [0.2, 0.25) is 0 Å². The summed E-state index contributed by atoms with van der Waals surface area (Å²) in [6.07, 6.45) is 1.92. The Labute approximate surface area is 243 Å². The zero-order valence-corrected chi connectivity index (χ0v) is 22.9. The number of hydrogen-bond acceptors (Lipinski definition) is 1. The Morgan fingerprint density at radius 3 is 1.55 bits per heavy atom. The van der Waals surface area contributed by atoms with Crippen LogP contribution in [0.15, 0.2) is 152 Å². The number of fused-ring (bicyclic) bond motifs is 7. The van der Waals surface area contributed by atoms with Crippen molar-refractivity contribution in [3.63, 3.8) is 0 Å². The second kappa shape index (κ2) is 8.99. The Morgan fingerprint density at radius 2 is 0.833 bits per heavy atom. The van der Waals surface area contributed by atoms with Gasteiger partial charge in [0.15, 0.2) is 0 Å². The summed E-state index contributed by atoms with van der Waals surface area (Å²) in [5, 5.41) is 13.7. The zero-order valence-electron chi connectivity index (χ0n) is 22.9.